The largest absolute Gasteiger partial charge is 0.381 e. The van der Waals surface area contributed by atoms with Gasteiger partial charge in [0.05, 0.1) is 16.3 Å². The number of ether oxygens (including phenoxy) is 1. The summed E-state index contributed by atoms with van der Waals surface area (Å²) in [4.78, 5) is 4.67. The van der Waals surface area contributed by atoms with E-state index < -0.39 is 0 Å². The number of rotatable bonds is 8. The van der Waals surface area contributed by atoms with Gasteiger partial charge in [-0.25, -0.2) is 4.98 Å². The molecule has 4 heteroatoms. The molecular formula is C15H22N2OS. The minimum absolute atomic E-state index is 0.309. The van der Waals surface area contributed by atoms with Crippen molar-refractivity contribution in [1.82, 2.24) is 10.3 Å². The molecule has 0 saturated heterocycles. The second-order valence-electron chi connectivity index (χ2n) is 4.66. The lowest BCUT2D eigenvalue weighted by atomic mass is 10.3. The summed E-state index contributed by atoms with van der Waals surface area (Å²) >= 11 is 1.77. The van der Waals surface area contributed by atoms with E-state index in [-0.39, 0.29) is 0 Å². The second kappa shape index (κ2) is 7.58. The first kappa shape index (κ1) is 14.4. The third-order valence-electron chi connectivity index (χ3n) is 2.95. The Kier molecular flexibility index (Phi) is 5.76. The minimum Gasteiger partial charge on any atom is -0.381 e. The number of nitrogens with one attached hydrogen (secondary N) is 1. The fraction of sp³-hybridized carbons (Fsp3) is 0.533. The molecule has 0 aliphatic heterocycles. The summed E-state index contributed by atoms with van der Waals surface area (Å²) in [5.41, 5.74) is 1.10. The van der Waals surface area contributed by atoms with Crippen molar-refractivity contribution in [3.8, 4) is 0 Å². The minimum atomic E-state index is 0.309. The van der Waals surface area contributed by atoms with E-state index in [0.717, 1.165) is 43.1 Å². The molecule has 0 fully saturated rings. The molecule has 3 nitrogen and oxygen atoms in total. The highest BCUT2D eigenvalue weighted by atomic mass is 32.1. The van der Waals surface area contributed by atoms with E-state index in [1.807, 2.05) is 6.07 Å². The summed E-state index contributed by atoms with van der Waals surface area (Å²) in [5.74, 6) is 0. The predicted molar refractivity (Wildman–Crippen MR) is 81.8 cm³/mol. The first-order valence-electron chi connectivity index (χ1n) is 6.98. The summed E-state index contributed by atoms with van der Waals surface area (Å²) in [6, 6.07) is 8.61. The number of fused-ring (bicyclic) bond motifs is 1. The van der Waals surface area contributed by atoms with Gasteiger partial charge in [-0.3, -0.25) is 0 Å². The van der Waals surface area contributed by atoms with E-state index >= 15 is 0 Å². The van der Waals surface area contributed by atoms with Crippen LogP contribution in [-0.4, -0.2) is 24.7 Å². The van der Waals surface area contributed by atoms with Gasteiger partial charge in [0.1, 0.15) is 5.01 Å². The fourth-order valence-corrected chi connectivity index (χ4v) is 2.90. The van der Waals surface area contributed by atoms with Gasteiger partial charge in [0, 0.05) is 13.2 Å². The van der Waals surface area contributed by atoms with Crippen LogP contribution in [0.5, 0.6) is 0 Å². The zero-order valence-electron chi connectivity index (χ0n) is 11.7. The highest BCUT2D eigenvalue weighted by Gasteiger charge is 2.10. The Labute approximate surface area is 119 Å². The van der Waals surface area contributed by atoms with E-state index in [1.165, 1.54) is 4.70 Å². The number of benzene rings is 1. The molecule has 0 bridgehead atoms. The normalized spacial score (nSPS) is 12.9. The molecule has 1 heterocycles. The number of thiazole rings is 1. The lowest BCUT2D eigenvalue weighted by Gasteiger charge is -2.10. The van der Waals surface area contributed by atoms with Crippen molar-refractivity contribution in [3.05, 3.63) is 29.3 Å². The Hall–Kier alpha value is -0.970. The highest BCUT2D eigenvalue weighted by Crippen LogP contribution is 2.25. The Morgan fingerprint density at radius 3 is 2.95 bits per heavy atom. The molecule has 1 aromatic carbocycles. The molecule has 0 amide bonds. The smallest absolute Gasteiger partial charge is 0.111 e. The number of hydrogen-bond donors (Lipinski definition) is 1. The monoisotopic (exact) mass is 278 g/mol. The molecule has 1 aromatic heterocycles. The van der Waals surface area contributed by atoms with Crippen molar-refractivity contribution in [3.63, 3.8) is 0 Å². The van der Waals surface area contributed by atoms with Crippen LogP contribution in [0.2, 0.25) is 0 Å². The van der Waals surface area contributed by atoms with Crippen LogP contribution < -0.4 is 5.32 Å². The van der Waals surface area contributed by atoms with Crippen molar-refractivity contribution < 1.29 is 4.74 Å². The highest BCUT2D eigenvalue weighted by molar-refractivity contribution is 7.18. The zero-order valence-corrected chi connectivity index (χ0v) is 12.5. The summed E-state index contributed by atoms with van der Waals surface area (Å²) in [6.07, 6.45) is 2.14. The molecule has 0 spiro atoms. The Morgan fingerprint density at radius 2 is 2.16 bits per heavy atom. The molecule has 0 aliphatic rings. The third-order valence-corrected chi connectivity index (χ3v) is 4.16. The molecule has 104 valence electrons. The van der Waals surface area contributed by atoms with Crippen molar-refractivity contribution in [2.75, 3.05) is 19.8 Å². The van der Waals surface area contributed by atoms with Crippen LogP contribution in [0, 0.1) is 0 Å². The fourth-order valence-electron chi connectivity index (χ4n) is 1.90. The molecule has 1 unspecified atom stereocenters. The zero-order chi connectivity index (χ0) is 13.5. The Bertz CT molecular complexity index is 465. The van der Waals surface area contributed by atoms with Gasteiger partial charge in [-0.2, -0.15) is 0 Å². The molecule has 1 atom stereocenters. The third kappa shape index (κ3) is 4.27. The van der Waals surface area contributed by atoms with E-state index in [9.17, 15) is 0 Å². The van der Waals surface area contributed by atoms with Gasteiger partial charge in [0.25, 0.3) is 0 Å². The quantitative estimate of drug-likeness (QED) is 0.746. The van der Waals surface area contributed by atoms with Gasteiger partial charge in [-0.1, -0.05) is 19.1 Å². The molecule has 0 aliphatic carbocycles. The molecule has 1 N–H and O–H groups in total. The molecule has 2 aromatic rings. The number of nitrogens with zero attached hydrogens (tertiary/aromatic N) is 1. The van der Waals surface area contributed by atoms with E-state index in [2.05, 4.69) is 42.3 Å². The standard InChI is InChI=1S/C15H22N2OS/c1-3-10-18-11-6-9-16-12(2)15-17-13-7-4-5-8-14(13)19-15/h4-5,7-8,12,16H,3,6,9-11H2,1-2H3. The van der Waals surface area contributed by atoms with E-state index in [1.54, 1.807) is 11.3 Å². The van der Waals surface area contributed by atoms with E-state index in [0.29, 0.717) is 6.04 Å². The van der Waals surface area contributed by atoms with Crippen LogP contribution in [0.1, 0.15) is 37.7 Å². The van der Waals surface area contributed by atoms with E-state index in [4.69, 9.17) is 4.74 Å². The van der Waals surface area contributed by atoms with Gasteiger partial charge < -0.3 is 10.1 Å². The van der Waals surface area contributed by atoms with Crippen LogP contribution in [0.25, 0.3) is 10.2 Å². The summed E-state index contributed by atoms with van der Waals surface area (Å²) < 4.78 is 6.73. The van der Waals surface area contributed by atoms with Crippen LogP contribution in [0.15, 0.2) is 24.3 Å². The lowest BCUT2D eigenvalue weighted by Crippen LogP contribution is -2.20. The molecule has 19 heavy (non-hydrogen) atoms. The number of hydrogen-bond acceptors (Lipinski definition) is 4. The van der Waals surface area contributed by atoms with Crippen molar-refractivity contribution in [2.45, 2.75) is 32.7 Å². The maximum Gasteiger partial charge on any atom is 0.111 e. The van der Waals surface area contributed by atoms with Crippen LogP contribution >= 0.6 is 11.3 Å². The maximum absolute atomic E-state index is 5.47. The SMILES string of the molecule is CCCOCCCNC(C)c1nc2ccccc2s1. The topological polar surface area (TPSA) is 34.1 Å². The van der Waals surface area contributed by atoms with Gasteiger partial charge in [0.15, 0.2) is 0 Å². The molecule has 0 radical (unpaired) electrons. The second-order valence-corrected chi connectivity index (χ2v) is 5.72. The average Bonchev–Trinajstić information content (AvgIpc) is 2.86. The molecule has 0 saturated carbocycles. The first-order chi connectivity index (χ1) is 9.31. The van der Waals surface area contributed by atoms with Crippen LogP contribution in [-0.2, 0) is 4.74 Å². The lowest BCUT2D eigenvalue weighted by molar-refractivity contribution is 0.132. The first-order valence-corrected chi connectivity index (χ1v) is 7.79. The maximum atomic E-state index is 5.47. The summed E-state index contributed by atoms with van der Waals surface area (Å²) in [6.45, 7) is 6.99. The van der Waals surface area contributed by atoms with Gasteiger partial charge in [-0.05, 0) is 38.4 Å². The Morgan fingerprint density at radius 1 is 1.32 bits per heavy atom. The number of aromatic nitrogens is 1. The predicted octanol–water partition coefficient (Wildman–Crippen LogP) is 3.76. The van der Waals surface area contributed by atoms with Gasteiger partial charge in [-0.15, -0.1) is 11.3 Å². The molecule has 2 rings (SSSR count). The van der Waals surface area contributed by atoms with Gasteiger partial charge in [0.2, 0.25) is 0 Å². The summed E-state index contributed by atoms with van der Waals surface area (Å²) in [5, 5.41) is 4.67. The van der Waals surface area contributed by atoms with Crippen molar-refractivity contribution in [1.29, 1.82) is 0 Å². The van der Waals surface area contributed by atoms with Crippen LogP contribution in [0.3, 0.4) is 0 Å². The average molecular weight is 278 g/mol. The number of para-hydroxylation sites is 1. The van der Waals surface area contributed by atoms with Crippen molar-refractivity contribution in [2.24, 2.45) is 0 Å². The summed E-state index contributed by atoms with van der Waals surface area (Å²) in [7, 11) is 0. The molecular weight excluding hydrogens is 256 g/mol. The van der Waals surface area contributed by atoms with Crippen molar-refractivity contribution >= 4 is 21.6 Å². The van der Waals surface area contributed by atoms with Crippen LogP contribution in [0.4, 0.5) is 0 Å². The van der Waals surface area contributed by atoms with Gasteiger partial charge >= 0.3 is 0 Å². The Balaban J connectivity index is 1.78.